The van der Waals surface area contributed by atoms with Crippen LogP contribution in [0.2, 0.25) is 5.02 Å². The Bertz CT molecular complexity index is 711. The van der Waals surface area contributed by atoms with Crippen molar-refractivity contribution in [2.24, 2.45) is 10.7 Å². The van der Waals surface area contributed by atoms with Crippen molar-refractivity contribution in [3.8, 4) is 0 Å². The summed E-state index contributed by atoms with van der Waals surface area (Å²) in [4.78, 5) is 6.54. The second-order valence-electron chi connectivity index (χ2n) is 5.58. The first kappa shape index (κ1) is 14.0. The largest absolute Gasteiger partial charge is 0.369 e. The Kier molecular flexibility index (Phi) is 3.38. The molecule has 2 aromatic rings. The maximum absolute atomic E-state index is 6.16. The number of nitrogens with zero attached hydrogens (tertiary/aromatic N) is 2. The van der Waals surface area contributed by atoms with Crippen LogP contribution in [0.4, 0.5) is 5.69 Å². The molecule has 21 heavy (non-hydrogen) atoms. The summed E-state index contributed by atoms with van der Waals surface area (Å²) in [7, 11) is 0. The lowest BCUT2D eigenvalue weighted by molar-refractivity contribution is 0.529. The van der Waals surface area contributed by atoms with E-state index >= 15 is 0 Å². The number of nitrogens with two attached hydrogens (primary N) is 1. The number of guanidine groups is 1. The zero-order valence-corrected chi connectivity index (χ0v) is 12.9. The molecule has 0 aromatic heterocycles. The highest BCUT2D eigenvalue weighted by Gasteiger charge is 2.41. The van der Waals surface area contributed by atoms with Crippen LogP contribution < -0.4 is 10.6 Å². The number of aliphatic imine (C=N–C) groups is 1. The van der Waals surface area contributed by atoms with Gasteiger partial charge in [-0.15, -0.1) is 0 Å². The number of hydrogen-bond donors (Lipinski definition) is 1. The molecule has 0 aliphatic carbocycles. The molecule has 0 bridgehead atoms. The zero-order valence-electron chi connectivity index (χ0n) is 12.2. The van der Waals surface area contributed by atoms with Crippen LogP contribution in [0.5, 0.6) is 0 Å². The first-order chi connectivity index (χ1) is 10.0. The summed E-state index contributed by atoms with van der Waals surface area (Å²) in [6.07, 6.45) is 0. The molecule has 108 valence electrons. The fourth-order valence-electron chi connectivity index (χ4n) is 3.04. The van der Waals surface area contributed by atoms with Crippen molar-refractivity contribution in [2.45, 2.75) is 19.4 Å². The van der Waals surface area contributed by atoms with Gasteiger partial charge in [-0.25, -0.2) is 0 Å². The van der Waals surface area contributed by atoms with E-state index in [0.29, 0.717) is 17.5 Å². The van der Waals surface area contributed by atoms with Crippen LogP contribution in [-0.4, -0.2) is 12.5 Å². The van der Waals surface area contributed by atoms with E-state index in [0.717, 1.165) is 5.69 Å². The van der Waals surface area contributed by atoms with Crippen LogP contribution in [0.25, 0.3) is 0 Å². The van der Waals surface area contributed by atoms with E-state index in [2.05, 4.69) is 41.9 Å². The molecular formula is C17H18ClN3. The highest BCUT2D eigenvalue weighted by molar-refractivity contribution is 6.31. The average Bonchev–Trinajstić information content (AvgIpc) is 2.76. The molecule has 0 saturated carbocycles. The molecule has 3 nitrogen and oxygen atoms in total. The van der Waals surface area contributed by atoms with Crippen LogP contribution in [0.15, 0.2) is 53.5 Å². The Morgan fingerprint density at radius 3 is 2.67 bits per heavy atom. The van der Waals surface area contributed by atoms with Crippen LogP contribution in [-0.2, 0) is 5.54 Å². The van der Waals surface area contributed by atoms with Gasteiger partial charge in [-0.3, -0.25) is 4.99 Å². The third-order valence-corrected chi connectivity index (χ3v) is 4.30. The lowest BCUT2D eigenvalue weighted by Gasteiger charge is -2.37. The first-order valence-corrected chi connectivity index (χ1v) is 7.32. The van der Waals surface area contributed by atoms with E-state index in [1.807, 2.05) is 30.3 Å². The van der Waals surface area contributed by atoms with E-state index in [9.17, 15) is 0 Å². The van der Waals surface area contributed by atoms with Gasteiger partial charge >= 0.3 is 0 Å². The lowest BCUT2D eigenvalue weighted by Crippen LogP contribution is -2.48. The second kappa shape index (κ2) is 5.08. The molecule has 1 aliphatic rings. The third-order valence-electron chi connectivity index (χ3n) is 4.06. The minimum atomic E-state index is -0.292. The van der Waals surface area contributed by atoms with E-state index in [1.54, 1.807) is 0 Å². The lowest BCUT2D eigenvalue weighted by atomic mass is 9.87. The molecule has 3 rings (SSSR count). The van der Waals surface area contributed by atoms with Gasteiger partial charge in [0, 0.05) is 10.7 Å². The fraction of sp³-hybridized carbons (Fsp3) is 0.235. The summed E-state index contributed by atoms with van der Waals surface area (Å²) in [6, 6.07) is 16.1. The molecule has 4 heteroatoms. The van der Waals surface area contributed by atoms with Crippen molar-refractivity contribution >= 4 is 23.2 Å². The van der Waals surface area contributed by atoms with Crippen molar-refractivity contribution in [1.82, 2.24) is 0 Å². The van der Waals surface area contributed by atoms with Crippen LogP contribution in [0.3, 0.4) is 0 Å². The van der Waals surface area contributed by atoms with Gasteiger partial charge in [0.25, 0.3) is 0 Å². The topological polar surface area (TPSA) is 41.6 Å². The molecule has 2 aromatic carbocycles. The van der Waals surface area contributed by atoms with Crippen molar-refractivity contribution < 1.29 is 0 Å². The smallest absolute Gasteiger partial charge is 0.196 e. The number of anilines is 1. The Hall–Kier alpha value is -2.00. The van der Waals surface area contributed by atoms with Crippen molar-refractivity contribution in [2.75, 3.05) is 11.4 Å². The van der Waals surface area contributed by atoms with Gasteiger partial charge in [-0.05, 0) is 43.2 Å². The van der Waals surface area contributed by atoms with Crippen molar-refractivity contribution in [1.29, 1.82) is 0 Å². The molecule has 0 fully saturated rings. The summed E-state index contributed by atoms with van der Waals surface area (Å²) < 4.78 is 0. The molecule has 0 radical (unpaired) electrons. The minimum Gasteiger partial charge on any atom is -0.369 e. The van der Waals surface area contributed by atoms with E-state index in [-0.39, 0.29) is 5.54 Å². The molecule has 1 atom stereocenters. The summed E-state index contributed by atoms with van der Waals surface area (Å²) >= 11 is 6.13. The van der Waals surface area contributed by atoms with Gasteiger partial charge in [0.2, 0.25) is 0 Å². The number of rotatable bonds is 2. The van der Waals surface area contributed by atoms with Crippen LogP contribution in [0.1, 0.15) is 18.1 Å². The predicted molar refractivity (Wildman–Crippen MR) is 89.0 cm³/mol. The fourth-order valence-corrected chi connectivity index (χ4v) is 3.23. The standard InChI is InChI=1S/C17H18ClN3/c1-12-6-3-4-9-15(12)17(2)11-20-16(19)21(17)14-8-5-7-13(18)10-14/h3-10H,11H2,1-2H3,(H2,19,20). The van der Waals surface area contributed by atoms with Gasteiger partial charge in [-0.2, -0.15) is 0 Å². The maximum Gasteiger partial charge on any atom is 0.196 e. The number of hydrogen-bond acceptors (Lipinski definition) is 3. The van der Waals surface area contributed by atoms with Crippen molar-refractivity contribution in [3.05, 3.63) is 64.7 Å². The van der Waals surface area contributed by atoms with E-state index in [1.165, 1.54) is 11.1 Å². The average molecular weight is 300 g/mol. The normalized spacial score (nSPS) is 21.5. The molecule has 0 saturated heterocycles. The molecule has 0 spiro atoms. The van der Waals surface area contributed by atoms with Crippen LogP contribution >= 0.6 is 11.6 Å². The van der Waals surface area contributed by atoms with Crippen LogP contribution in [0, 0.1) is 6.92 Å². The molecule has 1 heterocycles. The Labute approximate surface area is 130 Å². The number of halogens is 1. The quantitative estimate of drug-likeness (QED) is 0.918. The van der Waals surface area contributed by atoms with E-state index < -0.39 is 0 Å². The highest BCUT2D eigenvalue weighted by Crippen LogP contribution is 2.38. The molecule has 1 aliphatic heterocycles. The zero-order chi connectivity index (χ0) is 15.0. The highest BCUT2D eigenvalue weighted by atomic mass is 35.5. The molecule has 1 unspecified atom stereocenters. The summed E-state index contributed by atoms with van der Waals surface area (Å²) in [5.74, 6) is 0.531. The van der Waals surface area contributed by atoms with Gasteiger partial charge in [0.05, 0.1) is 12.1 Å². The van der Waals surface area contributed by atoms with Crippen molar-refractivity contribution in [3.63, 3.8) is 0 Å². The number of benzene rings is 2. The third kappa shape index (κ3) is 2.28. The monoisotopic (exact) mass is 299 g/mol. The number of aryl methyl sites for hydroxylation is 1. The summed E-state index contributed by atoms with van der Waals surface area (Å²) in [5, 5.41) is 0.694. The van der Waals surface area contributed by atoms with Gasteiger partial charge < -0.3 is 10.6 Å². The van der Waals surface area contributed by atoms with E-state index in [4.69, 9.17) is 17.3 Å². The predicted octanol–water partition coefficient (Wildman–Crippen LogP) is 3.70. The van der Waals surface area contributed by atoms with Gasteiger partial charge in [-0.1, -0.05) is 41.9 Å². The summed E-state index contributed by atoms with van der Waals surface area (Å²) in [5.41, 5.74) is 9.29. The molecule has 2 N–H and O–H groups in total. The minimum absolute atomic E-state index is 0.292. The second-order valence-corrected chi connectivity index (χ2v) is 6.01. The molecule has 0 amide bonds. The Morgan fingerprint density at radius 1 is 1.19 bits per heavy atom. The Morgan fingerprint density at radius 2 is 1.95 bits per heavy atom. The Balaban J connectivity index is 2.13. The van der Waals surface area contributed by atoms with Gasteiger partial charge in [0.15, 0.2) is 5.96 Å². The van der Waals surface area contributed by atoms with Gasteiger partial charge in [0.1, 0.15) is 0 Å². The molecular weight excluding hydrogens is 282 g/mol. The first-order valence-electron chi connectivity index (χ1n) is 6.94. The SMILES string of the molecule is Cc1ccccc1C1(C)CN=C(N)N1c1cccc(Cl)c1. The maximum atomic E-state index is 6.16. The summed E-state index contributed by atoms with van der Waals surface area (Å²) in [6.45, 7) is 4.92.